The molecular formula is C27H20ClFN2O2. The fourth-order valence-corrected chi connectivity index (χ4v) is 3.52. The van der Waals surface area contributed by atoms with Crippen molar-refractivity contribution in [3.8, 4) is 23.4 Å². The summed E-state index contributed by atoms with van der Waals surface area (Å²) in [6, 6.07) is 27.4. The summed E-state index contributed by atoms with van der Waals surface area (Å²) in [5.74, 6) is -0.105. The second kappa shape index (κ2) is 10.6. The monoisotopic (exact) mass is 458 g/mol. The molecule has 0 N–H and O–H groups in total. The lowest BCUT2D eigenvalue weighted by Gasteiger charge is -2.13. The molecule has 0 aliphatic rings. The number of hydrogen-bond donors (Lipinski definition) is 0. The lowest BCUT2D eigenvalue weighted by atomic mass is 10.1. The van der Waals surface area contributed by atoms with Crippen molar-refractivity contribution in [3.05, 3.63) is 118 Å². The molecule has 6 heteroatoms. The van der Waals surface area contributed by atoms with Gasteiger partial charge in [-0.2, -0.15) is 5.26 Å². The number of nitrogens with zero attached hydrogens (tertiary/aromatic N) is 2. The third-order valence-corrected chi connectivity index (χ3v) is 5.14. The standard InChI is InChI=1S/C27H20ClFN2O2/c28-22-13-21(17-30)14-23(15-22)33-25-16-26(32-18-20-9-5-2-6-10-20)31-24(27(25)29)12-11-19-7-3-1-4-8-19/h1-10,13-16H,11-12,18H2. The van der Waals surface area contributed by atoms with Gasteiger partial charge in [0, 0.05) is 11.1 Å². The number of pyridine rings is 1. The summed E-state index contributed by atoms with van der Waals surface area (Å²) in [4.78, 5) is 4.40. The first-order valence-corrected chi connectivity index (χ1v) is 10.8. The van der Waals surface area contributed by atoms with Crippen molar-refractivity contribution >= 4 is 11.6 Å². The molecule has 0 radical (unpaired) electrons. The molecular weight excluding hydrogens is 439 g/mol. The Morgan fingerprint density at radius 2 is 1.58 bits per heavy atom. The Bertz CT molecular complexity index is 1270. The van der Waals surface area contributed by atoms with Crippen LogP contribution in [0.1, 0.15) is 22.4 Å². The van der Waals surface area contributed by atoms with Crippen LogP contribution >= 0.6 is 11.6 Å². The molecule has 4 aromatic rings. The molecule has 0 aliphatic heterocycles. The average molecular weight is 459 g/mol. The second-order valence-corrected chi connectivity index (χ2v) is 7.81. The molecule has 0 amide bonds. The Hall–Kier alpha value is -3.88. The third kappa shape index (κ3) is 6.09. The number of hydrogen-bond acceptors (Lipinski definition) is 4. The van der Waals surface area contributed by atoms with Crippen LogP contribution in [0.3, 0.4) is 0 Å². The number of benzene rings is 3. The zero-order valence-corrected chi connectivity index (χ0v) is 18.4. The second-order valence-electron chi connectivity index (χ2n) is 7.37. The van der Waals surface area contributed by atoms with Crippen molar-refractivity contribution in [1.29, 1.82) is 5.26 Å². The number of aromatic nitrogens is 1. The van der Waals surface area contributed by atoms with E-state index in [1.807, 2.05) is 66.7 Å². The Morgan fingerprint density at radius 3 is 2.27 bits per heavy atom. The number of aryl methyl sites for hydroxylation is 2. The summed E-state index contributed by atoms with van der Waals surface area (Å²) >= 11 is 6.07. The molecule has 0 unspecified atom stereocenters. The molecule has 0 saturated heterocycles. The van der Waals surface area contributed by atoms with Gasteiger partial charge >= 0.3 is 0 Å². The van der Waals surface area contributed by atoms with Crippen LogP contribution in [0.5, 0.6) is 17.4 Å². The van der Waals surface area contributed by atoms with E-state index in [1.165, 1.54) is 24.3 Å². The molecule has 0 saturated carbocycles. The fraction of sp³-hybridized carbons (Fsp3) is 0.111. The summed E-state index contributed by atoms with van der Waals surface area (Å²) in [7, 11) is 0. The number of ether oxygens (including phenoxy) is 2. The fourth-order valence-electron chi connectivity index (χ4n) is 3.30. The highest BCUT2D eigenvalue weighted by atomic mass is 35.5. The lowest BCUT2D eigenvalue weighted by molar-refractivity contribution is 0.289. The molecule has 164 valence electrons. The van der Waals surface area contributed by atoms with Gasteiger partial charge < -0.3 is 9.47 Å². The first kappa shape index (κ1) is 22.3. The van der Waals surface area contributed by atoms with Crippen LogP contribution in [0.15, 0.2) is 84.9 Å². The highest BCUT2D eigenvalue weighted by Gasteiger charge is 2.17. The van der Waals surface area contributed by atoms with Crippen molar-refractivity contribution in [2.45, 2.75) is 19.4 Å². The summed E-state index contributed by atoms with van der Waals surface area (Å²) in [6.07, 6.45) is 0.982. The largest absolute Gasteiger partial charge is 0.473 e. The molecule has 0 aliphatic carbocycles. The van der Waals surface area contributed by atoms with Crippen molar-refractivity contribution in [2.24, 2.45) is 0 Å². The molecule has 0 atom stereocenters. The van der Waals surface area contributed by atoms with Gasteiger partial charge in [0.2, 0.25) is 5.88 Å². The van der Waals surface area contributed by atoms with Crippen LogP contribution in [0.2, 0.25) is 5.02 Å². The van der Waals surface area contributed by atoms with Crippen molar-refractivity contribution < 1.29 is 13.9 Å². The first-order valence-electron chi connectivity index (χ1n) is 10.4. The highest BCUT2D eigenvalue weighted by molar-refractivity contribution is 6.30. The van der Waals surface area contributed by atoms with E-state index in [9.17, 15) is 5.26 Å². The van der Waals surface area contributed by atoms with Crippen LogP contribution < -0.4 is 9.47 Å². The Labute approximate surface area is 196 Å². The highest BCUT2D eigenvalue weighted by Crippen LogP contribution is 2.32. The van der Waals surface area contributed by atoms with Crippen molar-refractivity contribution in [2.75, 3.05) is 0 Å². The van der Waals surface area contributed by atoms with Crippen LogP contribution in [-0.4, -0.2) is 4.98 Å². The number of rotatable bonds is 8. The topological polar surface area (TPSA) is 55.1 Å². The maximum Gasteiger partial charge on any atom is 0.217 e. The first-order chi connectivity index (χ1) is 16.1. The van der Waals surface area contributed by atoms with Gasteiger partial charge in [-0.25, -0.2) is 9.37 Å². The summed E-state index contributed by atoms with van der Waals surface area (Å²) in [6.45, 7) is 0.285. The van der Waals surface area contributed by atoms with Crippen LogP contribution in [0.4, 0.5) is 4.39 Å². The average Bonchev–Trinajstić information content (AvgIpc) is 2.84. The van der Waals surface area contributed by atoms with Crippen molar-refractivity contribution in [1.82, 2.24) is 4.98 Å². The van der Waals surface area contributed by atoms with Gasteiger partial charge in [0.25, 0.3) is 0 Å². The number of nitriles is 1. The number of halogens is 2. The third-order valence-electron chi connectivity index (χ3n) is 4.92. The summed E-state index contributed by atoms with van der Waals surface area (Å²) in [5.41, 5.74) is 2.59. The Kier molecular flexibility index (Phi) is 7.19. The molecule has 0 spiro atoms. The molecule has 3 aromatic carbocycles. The van der Waals surface area contributed by atoms with E-state index in [-0.39, 0.29) is 29.7 Å². The van der Waals surface area contributed by atoms with E-state index >= 15 is 4.39 Å². The van der Waals surface area contributed by atoms with Gasteiger partial charge in [0.1, 0.15) is 12.4 Å². The molecule has 4 nitrogen and oxygen atoms in total. The van der Waals surface area contributed by atoms with Gasteiger partial charge in [-0.1, -0.05) is 72.3 Å². The van der Waals surface area contributed by atoms with E-state index in [1.54, 1.807) is 0 Å². The van der Waals surface area contributed by atoms with Gasteiger partial charge in [-0.15, -0.1) is 0 Å². The Morgan fingerprint density at radius 1 is 0.879 bits per heavy atom. The van der Waals surface area contributed by atoms with Gasteiger partial charge in [-0.3, -0.25) is 0 Å². The predicted octanol–water partition coefficient (Wildman–Crippen LogP) is 6.90. The molecule has 1 heterocycles. The Balaban J connectivity index is 1.63. The van der Waals surface area contributed by atoms with E-state index in [4.69, 9.17) is 21.1 Å². The minimum atomic E-state index is -0.573. The van der Waals surface area contributed by atoms with E-state index in [0.29, 0.717) is 23.4 Å². The molecule has 1 aromatic heterocycles. The SMILES string of the molecule is N#Cc1cc(Cl)cc(Oc2cc(OCc3ccccc3)nc(CCc3ccccc3)c2F)c1. The van der Waals surface area contributed by atoms with E-state index in [0.717, 1.165) is 11.1 Å². The zero-order valence-electron chi connectivity index (χ0n) is 17.7. The molecule has 33 heavy (non-hydrogen) atoms. The molecule has 0 bridgehead atoms. The van der Waals surface area contributed by atoms with Crippen molar-refractivity contribution in [3.63, 3.8) is 0 Å². The van der Waals surface area contributed by atoms with Gasteiger partial charge in [-0.05, 0) is 42.2 Å². The van der Waals surface area contributed by atoms with E-state index in [2.05, 4.69) is 4.98 Å². The lowest BCUT2D eigenvalue weighted by Crippen LogP contribution is -2.05. The molecule has 0 fully saturated rings. The smallest absolute Gasteiger partial charge is 0.217 e. The minimum absolute atomic E-state index is 0.0396. The summed E-state index contributed by atoms with van der Waals surface area (Å²) < 4.78 is 27.0. The van der Waals surface area contributed by atoms with Crippen LogP contribution in [0.25, 0.3) is 0 Å². The minimum Gasteiger partial charge on any atom is -0.473 e. The predicted molar refractivity (Wildman–Crippen MR) is 125 cm³/mol. The van der Waals surface area contributed by atoms with E-state index < -0.39 is 5.82 Å². The van der Waals surface area contributed by atoms with Gasteiger partial charge in [0.15, 0.2) is 11.6 Å². The zero-order chi connectivity index (χ0) is 23.0. The summed E-state index contributed by atoms with van der Waals surface area (Å²) in [5, 5.41) is 9.51. The normalized spacial score (nSPS) is 10.5. The van der Waals surface area contributed by atoms with Gasteiger partial charge in [0.05, 0.1) is 17.3 Å². The maximum atomic E-state index is 15.3. The maximum absolute atomic E-state index is 15.3. The molecule has 4 rings (SSSR count). The van der Waals surface area contributed by atoms with Crippen LogP contribution in [-0.2, 0) is 19.4 Å². The van der Waals surface area contributed by atoms with Crippen LogP contribution in [0, 0.1) is 17.1 Å². The quantitative estimate of drug-likeness (QED) is 0.288.